The van der Waals surface area contributed by atoms with Crippen LogP contribution in [0, 0.1) is 13.8 Å². The fourth-order valence-corrected chi connectivity index (χ4v) is 2.76. The van der Waals surface area contributed by atoms with Gasteiger partial charge in [-0.3, -0.25) is 0 Å². The zero-order valence-electron chi connectivity index (χ0n) is 14.8. The number of hydrogen-bond donors (Lipinski definition) is 2. The lowest BCUT2D eigenvalue weighted by molar-refractivity contribution is 0.892. The van der Waals surface area contributed by atoms with Gasteiger partial charge in [-0.05, 0) is 86.1 Å². The number of azo groups is 1. The smallest absolute Gasteiger partial charge is 0.0855 e. The van der Waals surface area contributed by atoms with E-state index in [-0.39, 0.29) is 0 Å². The van der Waals surface area contributed by atoms with Crippen molar-refractivity contribution in [2.45, 2.75) is 33.1 Å². The molecule has 0 saturated heterocycles. The third-order valence-electron chi connectivity index (χ3n) is 4.26. The SMILES string of the molecule is Cc1ccc(CC/N=N/c2ccc(C)c(CCN)c2)cc1CCN. The van der Waals surface area contributed by atoms with E-state index in [2.05, 4.69) is 54.4 Å². The maximum Gasteiger partial charge on any atom is 0.0855 e. The lowest BCUT2D eigenvalue weighted by Crippen LogP contribution is -2.05. The van der Waals surface area contributed by atoms with Gasteiger partial charge in [0.1, 0.15) is 0 Å². The average Bonchev–Trinajstić information content (AvgIpc) is 2.57. The summed E-state index contributed by atoms with van der Waals surface area (Å²) in [7, 11) is 0. The molecule has 0 radical (unpaired) electrons. The molecule has 0 aliphatic carbocycles. The monoisotopic (exact) mass is 324 g/mol. The van der Waals surface area contributed by atoms with E-state index in [0.717, 1.165) is 24.9 Å². The van der Waals surface area contributed by atoms with Gasteiger partial charge in [0.2, 0.25) is 0 Å². The summed E-state index contributed by atoms with van der Waals surface area (Å²) < 4.78 is 0. The number of rotatable bonds is 8. The molecule has 0 aliphatic rings. The fraction of sp³-hybridized carbons (Fsp3) is 0.400. The molecule has 2 aromatic carbocycles. The zero-order chi connectivity index (χ0) is 17.4. The summed E-state index contributed by atoms with van der Waals surface area (Å²) >= 11 is 0. The van der Waals surface area contributed by atoms with Crippen LogP contribution in [0.2, 0.25) is 0 Å². The summed E-state index contributed by atoms with van der Waals surface area (Å²) in [6, 6.07) is 12.7. The van der Waals surface area contributed by atoms with Gasteiger partial charge in [-0.1, -0.05) is 24.3 Å². The second-order valence-electron chi connectivity index (χ2n) is 6.16. The van der Waals surface area contributed by atoms with Gasteiger partial charge >= 0.3 is 0 Å². The number of benzene rings is 2. The molecule has 0 spiro atoms. The molecule has 24 heavy (non-hydrogen) atoms. The van der Waals surface area contributed by atoms with Crippen LogP contribution in [0.4, 0.5) is 5.69 Å². The van der Waals surface area contributed by atoms with Crippen LogP contribution in [0.5, 0.6) is 0 Å². The number of hydrogen-bond acceptors (Lipinski definition) is 4. The highest BCUT2D eigenvalue weighted by atomic mass is 15.1. The summed E-state index contributed by atoms with van der Waals surface area (Å²) in [6.07, 6.45) is 2.69. The zero-order valence-corrected chi connectivity index (χ0v) is 14.8. The number of aryl methyl sites for hydroxylation is 2. The molecule has 0 amide bonds. The van der Waals surface area contributed by atoms with Gasteiger partial charge in [0, 0.05) is 0 Å². The minimum absolute atomic E-state index is 0.653. The minimum Gasteiger partial charge on any atom is -0.330 e. The largest absolute Gasteiger partial charge is 0.330 e. The third-order valence-corrected chi connectivity index (χ3v) is 4.26. The molecule has 0 bridgehead atoms. The first-order valence-corrected chi connectivity index (χ1v) is 8.59. The quantitative estimate of drug-likeness (QED) is 0.727. The predicted molar refractivity (Wildman–Crippen MR) is 101 cm³/mol. The van der Waals surface area contributed by atoms with E-state index in [1.807, 2.05) is 6.07 Å². The van der Waals surface area contributed by atoms with Crippen LogP contribution >= 0.6 is 0 Å². The highest BCUT2D eigenvalue weighted by Crippen LogP contribution is 2.19. The van der Waals surface area contributed by atoms with E-state index in [0.29, 0.717) is 19.6 Å². The van der Waals surface area contributed by atoms with Crippen LogP contribution in [-0.2, 0) is 19.3 Å². The van der Waals surface area contributed by atoms with Crippen molar-refractivity contribution < 1.29 is 0 Å². The second kappa shape index (κ2) is 9.30. The van der Waals surface area contributed by atoms with Gasteiger partial charge in [-0.15, -0.1) is 0 Å². The van der Waals surface area contributed by atoms with Crippen molar-refractivity contribution in [1.82, 2.24) is 0 Å². The molecule has 0 saturated carbocycles. The van der Waals surface area contributed by atoms with Crippen molar-refractivity contribution in [2.75, 3.05) is 19.6 Å². The molecule has 0 fully saturated rings. The van der Waals surface area contributed by atoms with Crippen LogP contribution in [0.1, 0.15) is 27.8 Å². The van der Waals surface area contributed by atoms with Crippen LogP contribution < -0.4 is 11.5 Å². The molecule has 0 atom stereocenters. The van der Waals surface area contributed by atoms with Crippen molar-refractivity contribution in [2.24, 2.45) is 21.7 Å². The molecule has 4 nitrogen and oxygen atoms in total. The lowest BCUT2D eigenvalue weighted by Gasteiger charge is -2.07. The molecule has 128 valence electrons. The molecule has 2 rings (SSSR count). The molecule has 0 aliphatic heterocycles. The number of nitrogens with zero attached hydrogens (tertiary/aromatic N) is 2. The Hall–Kier alpha value is -2.04. The van der Waals surface area contributed by atoms with Crippen LogP contribution in [0.25, 0.3) is 0 Å². The standard InChI is InChI=1S/C20H28N4/c1-15-3-5-17(13-18(15)7-10-21)9-12-23-24-20-6-4-16(2)19(14-20)8-11-22/h3-6,13-14H,7-12,21-22H2,1-2H3/b24-23+. The Morgan fingerprint density at radius 2 is 1.42 bits per heavy atom. The van der Waals surface area contributed by atoms with Gasteiger partial charge in [-0.2, -0.15) is 10.2 Å². The third kappa shape index (κ3) is 5.25. The normalized spacial score (nSPS) is 11.3. The Bertz CT molecular complexity index is 692. The van der Waals surface area contributed by atoms with E-state index >= 15 is 0 Å². The fourth-order valence-electron chi connectivity index (χ4n) is 2.76. The summed E-state index contributed by atoms with van der Waals surface area (Å²) in [5.41, 5.74) is 18.6. The Kier molecular flexibility index (Phi) is 7.09. The molecular formula is C20H28N4. The van der Waals surface area contributed by atoms with Crippen molar-refractivity contribution in [3.8, 4) is 0 Å². The first kappa shape index (κ1) is 18.3. The van der Waals surface area contributed by atoms with E-state index in [1.165, 1.54) is 27.8 Å². The summed E-state index contributed by atoms with van der Waals surface area (Å²) in [4.78, 5) is 0. The van der Waals surface area contributed by atoms with E-state index in [9.17, 15) is 0 Å². The summed E-state index contributed by atoms with van der Waals surface area (Å²) in [5, 5.41) is 8.68. The highest BCUT2D eigenvalue weighted by molar-refractivity contribution is 5.43. The average molecular weight is 324 g/mol. The van der Waals surface area contributed by atoms with Crippen LogP contribution in [0.15, 0.2) is 46.6 Å². The summed E-state index contributed by atoms with van der Waals surface area (Å²) in [6.45, 7) is 6.25. The summed E-state index contributed by atoms with van der Waals surface area (Å²) in [5.74, 6) is 0. The van der Waals surface area contributed by atoms with Gasteiger partial charge in [0.05, 0.1) is 12.2 Å². The predicted octanol–water partition coefficient (Wildman–Crippen LogP) is 3.63. The lowest BCUT2D eigenvalue weighted by atomic mass is 10.0. The second-order valence-corrected chi connectivity index (χ2v) is 6.16. The van der Waals surface area contributed by atoms with Gasteiger partial charge in [0.25, 0.3) is 0 Å². The maximum absolute atomic E-state index is 5.67. The molecule has 0 heterocycles. The van der Waals surface area contributed by atoms with Crippen molar-refractivity contribution in [3.05, 3.63) is 64.2 Å². The Morgan fingerprint density at radius 1 is 0.792 bits per heavy atom. The van der Waals surface area contributed by atoms with Crippen LogP contribution in [-0.4, -0.2) is 19.6 Å². The Balaban J connectivity index is 1.95. The Labute approximate surface area is 145 Å². The van der Waals surface area contributed by atoms with Crippen molar-refractivity contribution in [1.29, 1.82) is 0 Å². The molecule has 4 heteroatoms. The first-order chi connectivity index (χ1) is 11.6. The van der Waals surface area contributed by atoms with E-state index in [1.54, 1.807) is 0 Å². The van der Waals surface area contributed by atoms with E-state index in [4.69, 9.17) is 11.5 Å². The minimum atomic E-state index is 0.653. The van der Waals surface area contributed by atoms with E-state index < -0.39 is 0 Å². The van der Waals surface area contributed by atoms with Gasteiger partial charge in [-0.25, -0.2) is 0 Å². The van der Waals surface area contributed by atoms with Gasteiger partial charge in [0.15, 0.2) is 0 Å². The first-order valence-electron chi connectivity index (χ1n) is 8.59. The van der Waals surface area contributed by atoms with Crippen molar-refractivity contribution in [3.63, 3.8) is 0 Å². The molecule has 0 unspecified atom stereocenters. The molecule has 4 N–H and O–H groups in total. The topological polar surface area (TPSA) is 76.8 Å². The maximum atomic E-state index is 5.67. The highest BCUT2D eigenvalue weighted by Gasteiger charge is 2.01. The van der Waals surface area contributed by atoms with Gasteiger partial charge < -0.3 is 11.5 Å². The van der Waals surface area contributed by atoms with Crippen LogP contribution in [0.3, 0.4) is 0 Å². The number of nitrogens with two attached hydrogens (primary N) is 2. The Morgan fingerprint density at radius 3 is 2.08 bits per heavy atom. The molecular weight excluding hydrogens is 296 g/mol. The molecule has 0 aromatic heterocycles. The molecule has 2 aromatic rings. The van der Waals surface area contributed by atoms with Crippen molar-refractivity contribution >= 4 is 5.69 Å².